The molecule has 68 heavy (non-hydrogen) atoms. The van der Waals surface area contributed by atoms with Crippen molar-refractivity contribution in [3.63, 3.8) is 0 Å². The summed E-state index contributed by atoms with van der Waals surface area (Å²) in [5, 5.41) is 24.7. The minimum Gasteiger partial charge on any atom is -0.460 e. The summed E-state index contributed by atoms with van der Waals surface area (Å²) in [6.45, 7) is 14.1. The molecule has 4 rings (SSSR count). The lowest BCUT2D eigenvalue weighted by atomic mass is 9.78. The molecule has 0 aromatic heterocycles. The third kappa shape index (κ3) is 14.8. The number of methoxy groups -OCH3 is 3. The number of carbonyl (C=O) groups is 6. The number of aliphatic hydroxyl groups excluding tert-OH is 2. The Morgan fingerprint density at radius 1 is 0.897 bits per heavy atom. The fraction of sp³-hybridized carbons (Fsp3) is 0.736. The molecule has 0 radical (unpaired) electrons. The summed E-state index contributed by atoms with van der Waals surface area (Å²) in [4.78, 5) is 85.9. The number of hydrogen-bond acceptors (Lipinski definition) is 13. The SMILES string of the molecule is COC1CC(C[C@@H](C)C2CC(=O)C(C)=CC(C)C(O)[C@@H](OC)C(=O)C(C)C[C@H](C)C=CC=CC=C(C)[C@@H](OC)C[C@@H]3CCC(C)C(NC(C)=O)(O3)C(=O)C(=O)N3CCCCC3C(=O)O2)CC[C@H]1O. The van der Waals surface area contributed by atoms with Gasteiger partial charge >= 0.3 is 5.97 Å². The lowest BCUT2D eigenvalue weighted by Gasteiger charge is -2.46. The van der Waals surface area contributed by atoms with Crippen molar-refractivity contribution in [1.82, 2.24) is 10.2 Å². The number of carbonyl (C=O) groups excluding carboxylic acids is 6. The molecule has 1 aliphatic carbocycles. The van der Waals surface area contributed by atoms with Crippen molar-refractivity contribution in [2.24, 2.45) is 35.5 Å². The van der Waals surface area contributed by atoms with E-state index in [2.05, 4.69) is 5.32 Å². The zero-order valence-corrected chi connectivity index (χ0v) is 42.6. The molecule has 3 N–H and O–H groups in total. The average molecular weight is 955 g/mol. The largest absolute Gasteiger partial charge is 0.460 e. The van der Waals surface area contributed by atoms with E-state index < -0.39 is 89.7 Å². The van der Waals surface area contributed by atoms with E-state index in [0.29, 0.717) is 69.8 Å². The highest BCUT2D eigenvalue weighted by Crippen LogP contribution is 2.38. The van der Waals surface area contributed by atoms with Gasteiger partial charge in [0.25, 0.3) is 11.7 Å². The van der Waals surface area contributed by atoms with E-state index in [9.17, 15) is 39.0 Å². The minimum absolute atomic E-state index is 0.0129. The van der Waals surface area contributed by atoms with Crippen LogP contribution in [0.2, 0.25) is 0 Å². The minimum atomic E-state index is -2.01. The van der Waals surface area contributed by atoms with Gasteiger partial charge < -0.3 is 44.1 Å². The van der Waals surface area contributed by atoms with Gasteiger partial charge in [-0.3, -0.25) is 24.0 Å². The first-order valence-corrected chi connectivity index (χ1v) is 24.9. The first-order chi connectivity index (χ1) is 32.2. The van der Waals surface area contributed by atoms with Crippen LogP contribution in [0.3, 0.4) is 0 Å². The molecule has 9 unspecified atom stereocenters. The summed E-state index contributed by atoms with van der Waals surface area (Å²) in [6, 6.07) is -1.15. The highest BCUT2D eigenvalue weighted by atomic mass is 16.6. The number of aliphatic hydroxyl groups is 2. The van der Waals surface area contributed by atoms with Crippen LogP contribution in [0.4, 0.5) is 0 Å². The maximum atomic E-state index is 14.8. The normalized spacial score (nSPS) is 36.6. The van der Waals surface area contributed by atoms with Crippen LogP contribution in [0.15, 0.2) is 47.6 Å². The number of ether oxygens (including phenoxy) is 5. The van der Waals surface area contributed by atoms with Gasteiger partial charge in [0.2, 0.25) is 11.6 Å². The van der Waals surface area contributed by atoms with Crippen LogP contribution in [0, 0.1) is 35.5 Å². The van der Waals surface area contributed by atoms with E-state index in [1.165, 1.54) is 18.9 Å². The highest BCUT2D eigenvalue weighted by molar-refractivity contribution is 6.39. The predicted octanol–water partition coefficient (Wildman–Crippen LogP) is 6.32. The van der Waals surface area contributed by atoms with Crippen LogP contribution in [-0.4, -0.2) is 133 Å². The number of rotatable bonds is 7. The fourth-order valence-electron chi connectivity index (χ4n) is 10.6. The number of amides is 2. The van der Waals surface area contributed by atoms with E-state index in [0.717, 1.165) is 5.57 Å². The quantitative estimate of drug-likeness (QED) is 0.189. The molecular formula is C53H82N2O13. The third-order valence-corrected chi connectivity index (χ3v) is 14.9. The molecule has 4 aliphatic rings. The number of hydrogen-bond donors (Lipinski definition) is 3. The number of cyclic esters (lactones) is 1. The van der Waals surface area contributed by atoms with Crippen LogP contribution >= 0.6 is 0 Å². The molecule has 1 saturated carbocycles. The van der Waals surface area contributed by atoms with Crippen molar-refractivity contribution < 1.29 is 62.7 Å². The Kier molecular flexibility index (Phi) is 22.0. The summed E-state index contributed by atoms with van der Waals surface area (Å²) in [5.74, 6) is -5.78. The number of nitrogens with one attached hydrogen (secondary N) is 1. The van der Waals surface area contributed by atoms with E-state index in [1.54, 1.807) is 41.1 Å². The van der Waals surface area contributed by atoms with Crippen LogP contribution in [0.1, 0.15) is 132 Å². The molecule has 3 heterocycles. The van der Waals surface area contributed by atoms with Gasteiger partial charge in [-0.2, -0.15) is 0 Å². The van der Waals surface area contributed by atoms with Crippen molar-refractivity contribution in [3.05, 3.63) is 47.6 Å². The van der Waals surface area contributed by atoms with Crippen molar-refractivity contribution in [2.75, 3.05) is 27.9 Å². The zero-order chi connectivity index (χ0) is 50.5. The number of ketones is 3. The number of nitrogens with zero attached hydrogens (tertiary/aromatic N) is 1. The molecule has 15 atom stereocenters. The molecule has 15 heteroatoms. The Hall–Kier alpha value is -3.86. The molecule has 2 amide bonds. The molecule has 0 aromatic rings. The number of allylic oxidation sites excluding steroid dienone is 6. The van der Waals surface area contributed by atoms with E-state index in [1.807, 2.05) is 58.1 Å². The van der Waals surface area contributed by atoms with Crippen LogP contribution in [-0.2, 0) is 52.5 Å². The molecule has 0 aromatic carbocycles. The topological polar surface area (TPSA) is 204 Å². The van der Waals surface area contributed by atoms with Crippen LogP contribution < -0.4 is 5.32 Å². The first kappa shape index (κ1) is 56.7. The maximum Gasteiger partial charge on any atom is 0.329 e. The monoisotopic (exact) mass is 955 g/mol. The predicted molar refractivity (Wildman–Crippen MR) is 257 cm³/mol. The fourth-order valence-corrected chi connectivity index (χ4v) is 10.6. The van der Waals surface area contributed by atoms with Gasteiger partial charge in [0.05, 0.1) is 30.5 Å². The van der Waals surface area contributed by atoms with Crippen LogP contribution in [0.25, 0.3) is 0 Å². The number of fused-ring (bicyclic) bond motifs is 3. The van der Waals surface area contributed by atoms with Crippen molar-refractivity contribution >= 4 is 35.1 Å². The molecule has 2 saturated heterocycles. The number of esters is 1. The summed E-state index contributed by atoms with van der Waals surface area (Å²) in [7, 11) is 4.53. The van der Waals surface area contributed by atoms with Gasteiger partial charge in [0.1, 0.15) is 18.2 Å². The molecule has 3 fully saturated rings. The Morgan fingerprint density at radius 3 is 2.28 bits per heavy atom. The molecule has 15 nitrogen and oxygen atoms in total. The maximum absolute atomic E-state index is 14.8. The van der Waals surface area contributed by atoms with E-state index >= 15 is 0 Å². The smallest absolute Gasteiger partial charge is 0.329 e. The molecular weight excluding hydrogens is 873 g/mol. The molecule has 382 valence electrons. The van der Waals surface area contributed by atoms with Gasteiger partial charge in [-0.15, -0.1) is 0 Å². The van der Waals surface area contributed by atoms with Gasteiger partial charge in [-0.1, -0.05) is 71.1 Å². The number of piperidine rings is 1. The summed E-state index contributed by atoms with van der Waals surface area (Å²) < 4.78 is 30.0. The number of Topliss-reactive ketones (excluding diaryl/α,β-unsaturated/α-hetero) is 3. The van der Waals surface area contributed by atoms with Crippen molar-refractivity contribution in [1.29, 1.82) is 0 Å². The second-order valence-corrected chi connectivity index (χ2v) is 20.3. The highest BCUT2D eigenvalue weighted by Gasteiger charge is 2.55. The van der Waals surface area contributed by atoms with Crippen LogP contribution in [0.5, 0.6) is 0 Å². The zero-order valence-electron chi connectivity index (χ0n) is 42.6. The average Bonchev–Trinajstić information content (AvgIpc) is 3.30. The lowest BCUT2D eigenvalue weighted by molar-refractivity contribution is -0.198. The Labute approximate surface area is 404 Å². The van der Waals surface area contributed by atoms with Gasteiger partial charge in [0.15, 0.2) is 11.6 Å². The molecule has 3 aliphatic heterocycles. The van der Waals surface area contributed by atoms with Crippen molar-refractivity contribution in [2.45, 2.75) is 187 Å². The summed E-state index contributed by atoms with van der Waals surface area (Å²) >= 11 is 0. The molecule has 0 spiro atoms. The second-order valence-electron chi connectivity index (χ2n) is 20.3. The van der Waals surface area contributed by atoms with E-state index in [-0.39, 0.29) is 54.8 Å². The molecule has 2 bridgehead atoms. The van der Waals surface area contributed by atoms with Gasteiger partial charge in [-0.05, 0) is 107 Å². The standard InChI is InChI=1S/C53H82N2O13/c1-31-17-13-12-14-18-32(2)44(64-9)29-40-22-20-37(7)53(68-40,54-38(8)56)50(61)51(62)55-24-16-15-19-41(55)52(63)67-45(34(4)27-39-21-23-42(57)46(28-39)65-10)30-43(58)33(3)26-36(6)48(60)49(66-11)47(59)35(5)25-31/h12-14,17-18,26,31,34-37,39-42,44-46,48-49,57,60H,15-16,19-25,27-30H2,1-11H3,(H,54,56)/t31-,34-,35?,36?,37?,39?,40+,41?,42-,44+,45?,46?,48?,49+,53?/m1/s1. The van der Waals surface area contributed by atoms with Crippen molar-refractivity contribution in [3.8, 4) is 0 Å². The lowest BCUT2D eigenvalue weighted by Crippen LogP contribution is -2.67. The Balaban J connectivity index is 1.76. The second kappa shape index (κ2) is 26.4. The third-order valence-electron chi connectivity index (χ3n) is 14.9. The summed E-state index contributed by atoms with van der Waals surface area (Å²) in [6.07, 6.45) is 11.2. The first-order valence-electron chi connectivity index (χ1n) is 24.9. The Bertz CT molecular complexity index is 1880. The van der Waals surface area contributed by atoms with Gasteiger partial charge in [-0.25, -0.2) is 4.79 Å². The summed E-state index contributed by atoms with van der Waals surface area (Å²) in [5.41, 5.74) is -0.818. The van der Waals surface area contributed by atoms with Gasteiger partial charge in [0, 0.05) is 65.4 Å². The Morgan fingerprint density at radius 2 is 1.62 bits per heavy atom. The van der Waals surface area contributed by atoms with E-state index in [4.69, 9.17) is 23.7 Å².